The summed E-state index contributed by atoms with van der Waals surface area (Å²) < 4.78 is 1.79. The zero-order valence-corrected chi connectivity index (χ0v) is 10.4. The standard InChI is InChI=1S/C11H16ClN3O/c1-14(10(16)7-12)11-8-5-3-4-6-9(8)13-15(11)2/h3-7H2,1-2H3. The van der Waals surface area contributed by atoms with Gasteiger partial charge in [-0.25, -0.2) is 0 Å². The first-order chi connectivity index (χ1) is 7.65. The van der Waals surface area contributed by atoms with E-state index in [0.29, 0.717) is 0 Å². The smallest absolute Gasteiger partial charge is 0.242 e. The maximum atomic E-state index is 11.6. The highest BCUT2D eigenvalue weighted by atomic mass is 35.5. The van der Waals surface area contributed by atoms with Crippen LogP contribution < -0.4 is 4.90 Å². The van der Waals surface area contributed by atoms with Crippen molar-refractivity contribution >= 4 is 23.3 Å². The Hall–Kier alpha value is -1.03. The second-order valence-corrected chi connectivity index (χ2v) is 4.43. The first-order valence-electron chi connectivity index (χ1n) is 5.52. The molecule has 1 aromatic rings. The van der Waals surface area contributed by atoms with Gasteiger partial charge in [-0.15, -0.1) is 11.6 Å². The second kappa shape index (κ2) is 4.45. The lowest BCUT2D eigenvalue weighted by molar-refractivity contribution is -0.116. The molecule has 5 heteroatoms. The monoisotopic (exact) mass is 241 g/mol. The quantitative estimate of drug-likeness (QED) is 0.736. The van der Waals surface area contributed by atoms with E-state index in [-0.39, 0.29) is 11.8 Å². The molecule has 0 bridgehead atoms. The summed E-state index contributed by atoms with van der Waals surface area (Å²) >= 11 is 5.58. The Morgan fingerprint density at radius 3 is 2.88 bits per heavy atom. The molecule has 2 rings (SSSR count). The van der Waals surface area contributed by atoms with E-state index >= 15 is 0 Å². The summed E-state index contributed by atoms with van der Waals surface area (Å²) in [6, 6.07) is 0. The van der Waals surface area contributed by atoms with Crippen LogP contribution in [0.3, 0.4) is 0 Å². The van der Waals surface area contributed by atoms with Gasteiger partial charge in [-0.05, 0) is 25.7 Å². The van der Waals surface area contributed by atoms with E-state index in [1.807, 2.05) is 7.05 Å². The summed E-state index contributed by atoms with van der Waals surface area (Å²) in [5.41, 5.74) is 2.35. The van der Waals surface area contributed by atoms with Crippen LogP contribution in [-0.4, -0.2) is 28.6 Å². The van der Waals surface area contributed by atoms with Crippen LogP contribution in [0.1, 0.15) is 24.1 Å². The van der Waals surface area contributed by atoms with E-state index in [0.717, 1.165) is 24.4 Å². The van der Waals surface area contributed by atoms with E-state index in [2.05, 4.69) is 5.10 Å². The number of rotatable bonds is 2. The van der Waals surface area contributed by atoms with E-state index < -0.39 is 0 Å². The fraction of sp³-hybridized carbons (Fsp3) is 0.636. The third-order valence-corrected chi connectivity index (χ3v) is 3.32. The van der Waals surface area contributed by atoms with Gasteiger partial charge in [0, 0.05) is 19.7 Å². The minimum Gasteiger partial charge on any atom is -0.299 e. The van der Waals surface area contributed by atoms with Gasteiger partial charge < -0.3 is 0 Å². The maximum Gasteiger partial charge on any atom is 0.242 e. The van der Waals surface area contributed by atoms with Crippen LogP contribution in [-0.2, 0) is 24.7 Å². The summed E-state index contributed by atoms with van der Waals surface area (Å²) in [6.45, 7) is 0. The molecule has 0 aliphatic heterocycles. The molecular weight excluding hydrogens is 226 g/mol. The van der Waals surface area contributed by atoms with Gasteiger partial charge in [-0.2, -0.15) is 5.10 Å². The molecule has 0 N–H and O–H groups in total. The van der Waals surface area contributed by atoms with Crippen LogP contribution >= 0.6 is 11.6 Å². The molecule has 4 nitrogen and oxygen atoms in total. The molecule has 0 saturated heterocycles. The van der Waals surface area contributed by atoms with Gasteiger partial charge in [-0.1, -0.05) is 0 Å². The molecule has 1 aromatic heterocycles. The minimum atomic E-state index is -0.0851. The number of alkyl halides is 1. The Morgan fingerprint density at radius 2 is 2.19 bits per heavy atom. The molecule has 1 aliphatic rings. The van der Waals surface area contributed by atoms with Crippen molar-refractivity contribution in [2.75, 3.05) is 17.8 Å². The molecule has 1 aliphatic carbocycles. The third-order valence-electron chi connectivity index (χ3n) is 3.09. The summed E-state index contributed by atoms with van der Waals surface area (Å²) in [5, 5.41) is 4.47. The number of aromatic nitrogens is 2. The number of amides is 1. The Bertz CT molecular complexity index is 414. The van der Waals surface area contributed by atoms with Crippen molar-refractivity contribution < 1.29 is 4.79 Å². The number of carbonyl (C=O) groups excluding carboxylic acids is 1. The highest BCUT2D eigenvalue weighted by Crippen LogP contribution is 2.29. The van der Waals surface area contributed by atoms with Gasteiger partial charge in [0.25, 0.3) is 0 Å². The number of halogens is 1. The van der Waals surface area contributed by atoms with Gasteiger partial charge in [0.1, 0.15) is 11.7 Å². The minimum absolute atomic E-state index is 0.0104. The van der Waals surface area contributed by atoms with E-state index in [1.54, 1.807) is 16.6 Å². The van der Waals surface area contributed by atoms with Gasteiger partial charge in [-0.3, -0.25) is 14.4 Å². The predicted octanol–water partition coefficient (Wildman–Crippen LogP) is 1.50. The number of fused-ring (bicyclic) bond motifs is 1. The summed E-state index contributed by atoms with van der Waals surface area (Å²) in [6.07, 6.45) is 4.40. The van der Waals surface area contributed by atoms with Crippen LogP contribution in [0.2, 0.25) is 0 Å². The molecule has 88 valence electrons. The van der Waals surface area contributed by atoms with Crippen molar-refractivity contribution in [1.82, 2.24) is 9.78 Å². The summed E-state index contributed by atoms with van der Waals surface area (Å²) in [4.78, 5) is 13.2. The molecule has 0 saturated carbocycles. The van der Waals surface area contributed by atoms with Crippen molar-refractivity contribution in [3.05, 3.63) is 11.3 Å². The fourth-order valence-corrected chi connectivity index (χ4v) is 2.47. The van der Waals surface area contributed by atoms with Crippen LogP contribution in [0.15, 0.2) is 0 Å². The number of aryl methyl sites for hydroxylation is 2. The van der Waals surface area contributed by atoms with Crippen molar-refractivity contribution in [2.24, 2.45) is 7.05 Å². The third kappa shape index (κ3) is 1.82. The molecule has 0 spiro atoms. The first kappa shape index (κ1) is 11.5. The fourth-order valence-electron chi connectivity index (χ4n) is 2.29. The normalized spacial score (nSPS) is 14.7. The number of anilines is 1. The molecule has 0 atom stereocenters. The number of hydrogen-bond donors (Lipinski definition) is 0. The first-order valence-corrected chi connectivity index (χ1v) is 6.06. The Morgan fingerprint density at radius 1 is 1.50 bits per heavy atom. The summed E-state index contributed by atoms with van der Waals surface area (Å²) in [5.74, 6) is 0.828. The van der Waals surface area contributed by atoms with E-state index in [9.17, 15) is 4.79 Å². The van der Waals surface area contributed by atoms with Crippen molar-refractivity contribution in [2.45, 2.75) is 25.7 Å². The zero-order chi connectivity index (χ0) is 11.7. The molecule has 0 radical (unpaired) electrons. The van der Waals surface area contributed by atoms with Crippen molar-refractivity contribution in [1.29, 1.82) is 0 Å². The second-order valence-electron chi connectivity index (χ2n) is 4.17. The average molecular weight is 242 g/mol. The van der Waals surface area contributed by atoms with Gasteiger partial charge in [0.15, 0.2) is 0 Å². The van der Waals surface area contributed by atoms with Gasteiger partial charge >= 0.3 is 0 Å². The molecular formula is C11H16ClN3O. The van der Waals surface area contributed by atoms with Crippen molar-refractivity contribution in [3.63, 3.8) is 0 Å². The van der Waals surface area contributed by atoms with Crippen LogP contribution in [0.5, 0.6) is 0 Å². The van der Waals surface area contributed by atoms with Crippen molar-refractivity contribution in [3.8, 4) is 0 Å². The molecule has 0 unspecified atom stereocenters. The zero-order valence-electron chi connectivity index (χ0n) is 9.66. The lowest BCUT2D eigenvalue weighted by Crippen LogP contribution is -2.30. The van der Waals surface area contributed by atoms with Gasteiger partial charge in [0.2, 0.25) is 5.91 Å². The van der Waals surface area contributed by atoms with Crippen LogP contribution in [0, 0.1) is 0 Å². The number of hydrogen-bond acceptors (Lipinski definition) is 2. The van der Waals surface area contributed by atoms with E-state index in [1.165, 1.54) is 18.4 Å². The number of nitrogens with zero attached hydrogens (tertiary/aromatic N) is 3. The molecule has 1 heterocycles. The molecule has 1 amide bonds. The average Bonchev–Trinajstić information content (AvgIpc) is 2.63. The van der Waals surface area contributed by atoms with Gasteiger partial charge in [0.05, 0.1) is 5.69 Å². The largest absolute Gasteiger partial charge is 0.299 e. The summed E-state index contributed by atoms with van der Waals surface area (Å²) in [7, 11) is 3.64. The maximum absolute atomic E-state index is 11.6. The molecule has 0 aromatic carbocycles. The van der Waals surface area contributed by atoms with Crippen LogP contribution in [0.25, 0.3) is 0 Å². The molecule has 0 fully saturated rings. The predicted molar refractivity (Wildman–Crippen MR) is 64.0 cm³/mol. The lowest BCUT2D eigenvalue weighted by atomic mass is 9.97. The molecule has 16 heavy (non-hydrogen) atoms. The highest BCUT2D eigenvalue weighted by molar-refractivity contribution is 6.29. The highest BCUT2D eigenvalue weighted by Gasteiger charge is 2.23. The Kier molecular flexibility index (Phi) is 3.19. The topological polar surface area (TPSA) is 38.1 Å². The van der Waals surface area contributed by atoms with Crippen LogP contribution in [0.4, 0.5) is 5.82 Å². The number of carbonyl (C=O) groups is 1. The lowest BCUT2D eigenvalue weighted by Gasteiger charge is -2.19. The van der Waals surface area contributed by atoms with E-state index in [4.69, 9.17) is 11.6 Å². The SMILES string of the molecule is CN(C(=O)CCl)c1c2c(nn1C)CCCC2. The Labute approximate surface area is 100 Å². The Balaban J connectivity index is 2.39.